The minimum absolute atomic E-state index is 0.0111. The van der Waals surface area contributed by atoms with Crippen molar-refractivity contribution in [2.75, 3.05) is 7.11 Å². The molecule has 0 fully saturated rings. The van der Waals surface area contributed by atoms with E-state index in [0.717, 1.165) is 12.0 Å². The van der Waals surface area contributed by atoms with Gasteiger partial charge in [-0.1, -0.05) is 19.1 Å². The molecule has 0 saturated heterocycles. The molecule has 0 amide bonds. The van der Waals surface area contributed by atoms with E-state index in [1.165, 1.54) is 13.2 Å². The third-order valence-corrected chi connectivity index (χ3v) is 3.99. The average molecular weight is 338 g/mol. The number of benzene rings is 2. The Hall–Kier alpha value is -3.08. The molecule has 0 bridgehead atoms. The highest BCUT2D eigenvalue weighted by Gasteiger charge is 2.11. The molecule has 5 heteroatoms. The standard InChI is InChI=1S/C20H18O5/c1-3-13-4-6-14(7-5-13)20(22)24-12-15-10-19(21)25-18-11-16(23-2)8-9-17(15)18/h4-11H,3,12H2,1-2H3. The molecule has 0 saturated carbocycles. The molecule has 25 heavy (non-hydrogen) atoms. The molecule has 5 nitrogen and oxygen atoms in total. The molecule has 0 radical (unpaired) electrons. The Morgan fingerprint density at radius 2 is 1.84 bits per heavy atom. The van der Waals surface area contributed by atoms with Crippen LogP contribution in [-0.4, -0.2) is 13.1 Å². The first kappa shape index (κ1) is 16.8. The second kappa shape index (κ2) is 7.21. The van der Waals surface area contributed by atoms with Gasteiger partial charge in [0.25, 0.3) is 0 Å². The summed E-state index contributed by atoms with van der Waals surface area (Å²) in [4.78, 5) is 23.9. The maximum atomic E-state index is 12.2. The summed E-state index contributed by atoms with van der Waals surface area (Å²) in [5, 5.41) is 0.703. The van der Waals surface area contributed by atoms with Crippen LogP contribution < -0.4 is 10.4 Å². The number of fused-ring (bicyclic) bond motifs is 1. The lowest BCUT2D eigenvalue weighted by molar-refractivity contribution is 0.0474. The van der Waals surface area contributed by atoms with Crippen LogP contribution in [0.15, 0.2) is 57.7 Å². The van der Waals surface area contributed by atoms with Crippen LogP contribution in [0.4, 0.5) is 0 Å². The average Bonchev–Trinajstić information content (AvgIpc) is 2.65. The molecule has 3 aromatic rings. The summed E-state index contributed by atoms with van der Waals surface area (Å²) in [5.41, 5.74) is 2.11. The van der Waals surface area contributed by atoms with E-state index in [9.17, 15) is 9.59 Å². The van der Waals surface area contributed by atoms with Gasteiger partial charge in [0.1, 0.15) is 17.9 Å². The van der Waals surface area contributed by atoms with Crippen molar-refractivity contribution in [1.82, 2.24) is 0 Å². The quantitative estimate of drug-likeness (QED) is 0.524. The monoisotopic (exact) mass is 338 g/mol. The topological polar surface area (TPSA) is 65.7 Å². The SMILES string of the molecule is CCc1ccc(C(=O)OCc2cc(=O)oc3cc(OC)ccc23)cc1. The summed E-state index contributed by atoms with van der Waals surface area (Å²) in [7, 11) is 1.54. The van der Waals surface area contributed by atoms with Crippen LogP contribution in [0.1, 0.15) is 28.4 Å². The van der Waals surface area contributed by atoms with E-state index in [1.807, 2.05) is 19.1 Å². The molecule has 0 atom stereocenters. The van der Waals surface area contributed by atoms with Gasteiger partial charge >= 0.3 is 11.6 Å². The Bertz CT molecular complexity index is 954. The zero-order chi connectivity index (χ0) is 17.8. The Labute approximate surface area is 144 Å². The van der Waals surface area contributed by atoms with Crippen molar-refractivity contribution in [3.8, 4) is 5.75 Å². The van der Waals surface area contributed by atoms with Crippen LogP contribution in [0.25, 0.3) is 11.0 Å². The van der Waals surface area contributed by atoms with Gasteiger partial charge in [0.2, 0.25) is 0 Å². The lowest BCUT2D eigenvalue weighted by Gasteiger charge is -2.08. The van der Waals surface area contributed by atoms with Gasteiger partial charge in [-0.2, -0.15) is 0 Å². The molecule has 0 aliphatic rings. The summed E-state index contributed by atoms with van der Waals surface area (Å²) in [6.45, 7) is 2.04. The fourth-order valence-corrected chi connectivity index (χ4v) is 2.56. The third-order valence-electron chi connectivity index (χ3n) is 3.99. The van der Waals surface area contributed by atoms with Crippen LogP contribution in [0.5, 0.6) is 5.75 Å². The van der Waals surface area contributed by atoms with Gasteiger partial charge < -0.3 is 13.9 Å². The molecule has 0 aliphatic carbocycles. The molecule has 0 aliphatic heterocycles. The number of esters is 1. The van der Waals surface area contributed by atoms with Crippen molar-refractivity contribution in [1.29, 1.82) is 0 Å². The van der Waals surface area contributed by atoms with Crippen molar-refractivity contribution in [2.45, 2.75) is 20.0 Å². The summed E-state index contributed by atoms with van der Waals surface area (Å²) in [6, 6.07) is 13.8. The molecule has 128 valence electrons. The molecule has 1 aromatic heterocycles. The third kappa shape index (κ3) is 3.71. The highest BCUT2D eigenvalue weighted by molar-refractivity contribution is 5.89. The Kier molecular flexibility index (Phi) is 4.84. The molecular formula is C20H18O5. The Balaban J connectivity index is 1.82. The molecule has 0 N–H and O–H groups in total. The second-order valence-corrected chi connectivity index (χ2v) is 5.58. The van der Waals surface area contributed by atoms with Crippen molar-refractivity contribution in [2.24, 2.45) is 0 Å². The number of ether oxygens (including phenoxy) is 2. The first-order valence-electron chi connectivity index (χ1n) is 7.97. The number of aryl methyl sites for hydroxylation is 1. The number of hydrogen-bond donors (Lipinski definition) is 0. The van der Waals surface area contributed by atoms with E-state index in [1.54, 1.807) is 30.3 Å². The largest absolute Gasteiger partial charge is 0.497 e. The zero-order valence-corrected chi connectivity index (χ0v) is 14.1. The van der Waals surface area contributed by atoms with E-state index in [2.05, 4.69) is 0 Å². The molecule has 1 heterocycles. The minimum Gasteiger partial charge on any atom is -0.497 e. The van der Waals surface area contributed by atoms with Crippen molar-refractivity contribution >= 4 is 16.9 Å². The number of methoxy groups -OCH3 is 1. The normalized spacial score (nSPS) is 10.6. The fraction of sp³-hybridized carbons (Fsp3) is 0.200. The predicted octanol–water partition coefficient (Wildman–Crippen LogP) is 3.72. The number of hydrogen-bond acceptors (Lipinski definition) is 5. The molecule has 2 aromatic carbocycles. The van der Waals surface area contributed by atoms with E-state index in [-0.39, 0.29) is 6.61 Å². The molecule has 0 spiro atoms. The smallest absolute Gasteiger partial charge is 0.338 e. The fourth-order valence-electron chi connectivity index (χ4n) is 2.56. The first-order chi connectivity index (χ1) is 12.1. The van der Waals surface area contributed by atoms with Gasteiger partial charge in [0.15, 0.2) is 0 Å². The summed E-state index contributed by atoms with van der Waals surface area (Å²) in [6.07, 6.45) is 0.907. The van der Waals surface area contributed by atoms with Crippen LogP contribution in [0.2, 0.25) is 0 Å². The van der Waals surface area contributed by atoms with Crippen molar-refractivity contribution < 1.29 is 18.7 Å². The summed E-state index contributed by atoms with van der Waals surface area (Å²) >= 11 is 0. The Morgan fingerprint density at radius 1 is 1.08 bits per heavy atom. The Morgan fingerprint density at radius 3 is 2.52 bits per heavy atom. The van der Waals surface area contributed by atoms with Gasteiger partial charge in [0, 0.05) is 23.1 Å². The predicted molar refractivity (Wildman–Crippen MR) is 94.0 cm³/mol. The van der Waals surface area contributed by atoms with Gasteiger partial charge in [-0.3, -0.25) is 0 Å². The maximum Gasteiger partial charge on any atom is 0.338 e. The van der Waals surface area contributed by atoms with Gasteiger partial charge in [-0.15, -0.1) is 0 Å². The van der Waals surface area contributed by atoms with Gasteiger partial charge in [-0.05, 0) is 36.2 Å². The van der Waals surface area contributed by atoms with E-state index in [4.69, 9.17) is 13.9 Å². The first-order valence-corrected chi connectivity index (χ1v) is 7.97. The molecular weight excluding hydrogens is 320 g/mol. The van der Waals surface area contributed by atoms with Crippen molar-refractivity contribution in [3.63, 3.8) is 0 Å². The number of carbonyl (C=O) groups excluding carboxylic acids is 1. The van der Waals surface area contributed by atoms with E-state index in [0.29, 0.717) is 27.8 Å². The van der Waals surface area contributed by atoms with Crippen LogP contribution in [-0.2, 0) is 17.8 Å². The summed E-state index contributed by atoms with van der Waals surface area (Å²) in [5.74, 6) is 0.151. The molecule has 3 rings (SSSR count). The summed E-state index contributed by atoms with van der Waals surface area (Å²) < 4.78 is 15.7. The van der Waals surface area contributed by atoms with E-state index < -0.39 is 11.6 Å². The zero-order valence-electron chi connectivity index (χ0n) is 14.1. The van der Waals surface area contributed by atoms with Gasteiger partial charge in [-0.25, -0.2) is 9.59 Å². The number of rotatable bonds is 5. The lowest BCUT2D eigenvalue weighted by Crippen LogP contribution is -2.08. The lowest BCUT2D eigenvalue weighted by atomic mass is 10.1. The maximum absolute atomic E-state index is 12.2. The van der Waals surface area contributed by atoms with Crippen LogP contribution in [0.3, 0.4) is 0 Å². The van der Waals surface area contributed by atoms with Crippen LogP contribution >= 0.6 is 0 Å². The highest BCUT2D eigenvalue weighted by Crippen LogP contribution is 2.23. The number of carbonyl (C=O) groups is 1. The minimum atomic E-state index is -0.501. The highest BCUT2D eigenvalue weighted by atomic mass is 16.5. The van der Waals surface area contributed by atoms with E-state index >= 15 is 0 Å². The molecule has 0 unspecified atom stereocenters. The van der Waals surface area contributed by atoms with Gasteiger partial charge in [0.05, 0.1) is 12.7 Å². The van der Waals surface area contributed by atoms with Crippen molar-refractivity contribution in [3.05, 3.63) is 75.6 Å². The van der Waals surface area contributed by atoms with Crippen LogP contribution in [0, 0.1) is 0 Å². The second-order valence-electron chi connectivity index (χ2n) is 5.58.